The van der Waals surface area contributed by atoms with Crippen LogP contribution >= 0.6 is 0 Å². The molecular formula is C23H19NO3. The summed E-state index contributed by atoms with van der Waals surface area (Å²) >= 11 is 0. The van der Waals surface area contributed by atoms with Gasteiger partial charge in [-0.05, 0) is 60.9 Å². The minimum absolute atomic E-state index is 0.122. The number of ketones is 1. The van der Waals surface area contributed by atoms with Gasteiger partial charge in [0.25, 0.3) is 0 Å². The standard InChI is InChI=1S/C23H19NO3/c1-15-3-4-16(2)18(11-15)14-26-19-5-6-20-21(13-19)27-22(23(20)25)12-17-7-9-24-10-8-17/h3-13H,14H2,1-2H3. The molecule has 3 aromatic rings. The summed E-state index contributed by atoms with van der Waals surface area (Å²) in [6, 6.07) is 15.3. The number of rotatable bonds is 4. The van der Waals surface area contributed by atoms with Gasteiger partial charge in [0.05, 0.1) is 5.56 Å². The number of nitrogens with zero attached hydrogens (tertiary/aromatic N) is 1. The van der Waals surface area contributed by atoms with Gasteiger partial charge in [0, 0.05) is 18.5 Å². The minimum Gasteiger partial charge on any atom is -0.489 e. The number of benzene rings is 2. The van der Waals surface area contributed by atoms with Crippen LogP contribution in [-0.4, -0.2) is 10.8 Å². The molecule has 0 N–H and O–H groups in total. The van der Waals surface area contributed by atoms with E-state index in [2.05, 4.69) is 37.0 Å². The quantitative estimate of drug-likeness (QED) is 0.624. The van der Waals surface area contributed by atoms with Gasteiger partial charge in [0.15, 0.2) is 5.76 Å². The van der Waals surface area contributed by atoms with E-state index in [1.165, 1.54) is 11.1 Å². The van der Waals surface area contributed by atoms with Crippen LogP contribution in [0.25, 0.3) is 6.08 Å². The lowest BCUT2D eigenvalue weighted by Crippen LogP contribution is -1.99. The van der Waals surface area contributed by atoms with Gasteiger partial charge in [-0.25, -0.2) is 0 Å². The zero-order valence-corrected chi connectivity index (χ0v) is 15.2. The lowest BCUT2D eigenvalue weighted by Gasteiger charge is -2.10. The number of carbonyl (C=O) groups excluding carboxylic acids is 1. The number of hydrogen-bond acceptors (Lipinski definition) is 4. The number of aryl methyl sites for hydroxylation is 2. The van der Waals surface area contributed by atoms with Gasteiger partial charge in [-0.2, -0.15) is 0 Å². The van der Waals surface area contributed by atoms with Crippen molar-refractivity contribution in [1.82, 2.24) is 4.98 Å². The van der Waals surface area contributed by atoms with E-state index >= 15 is 0 Å². The Morgan fingerprint density at radius 2 is 1.85 bits per heavy atom. The van der Waals surface area contributed by atoms with Crippen molar-refractivity contribution in [3.63, 3.8) is 0 Å². The SMILES string of the molecule is Cc1ccc(C)c(COc2ccc3c(c2)OC(=Cc2ccncc2)C3=O)c1. The number of pyridine rings is 1. The summed E-state index contributed by atoms with van der Waals surface area (Å²) in [5, 5.41) is 0. The number of allylic oxidation sites excluding steroid dienone is 1. The Morgan fingerprint density at radius 3 is 2.67 bits per heavy atom. The van der Waals surface area contributed by atoms with Crippen molar-refractivity contribution in [2.75, 3.05) is 0 Å². The van der Waals surface area contributed by atoms with Crippen LogP contribution in [0, 0.1) is 13.8 Å². The fourth-order valence-electron chi connectivity index (χ4n) is 2.98. The highest BCUT2D eigenvalue weighted by Gasteiger charge is 2.27. The predicted octanol–water partition coefficient (Wildman–Crippen LogP) is 4.89. The van der Waals surface area contributed by atoms with Gasteiger partial charge in [0.1, 0.15) is 18.1 Å². The Bertz CT molecular complexity index is 1040. The highest BCUT2D eigenvalue weighted by molar-refractivity contribution is 6.14. The van der Waals surface area contributed by atoms with Crippen molar-refractivity contribution >= 4 is 11.9 Å². The van der Waals surface area contributed by atoms with E-state index in [1.54, 1.807) is 36.7 Å². The normalized spacial score (nSPS) is 14.1. The van der Waals surface area contributed by atoms with Crippen LogP contribution in [0.2, 0.25) is 0 Å². The van der Waals surface area contributed by atoms with E-state index in [0.717, 1.165) is 11.1 Å². The maximum atomic E-state index is 12.5. The van der Waals surface area contributed by atoms with Gasteiger partial charge in [0.2, 0.25) is 5.78 Å². The first-order valence-corrected chi connectivity index (χ1v) is 8.77. The molecule has 1 aliphatic heterocycles. The van der Waals surface area contributed by atoms with Crippen molar-refractivity contribution in [2.45, 2.75) is 20.5 Å². The summed E-state index contributed by atoms with van der Waals surface area (Å²) in [5.74, 6) is 1.39. The molecule has 134 valence electrons. The number of hydrogen-bond donors (Lipinski definition) is 0. The topological polar surface area (TPSA) is 48.4 Å². The molecule has 0 saturated heterocycles. The van der Waals surface area contributed by atoms with E-state index in [-0.39, 0.29) is 5.78 Å². The van der Waals surface area contributed by atoms with E-state index in [9.17, 15) is 4.79 Å². The molecule has 0 unspecified atom stereocenters. The molecule has 0 saturated carbocycles. The third-order valence-electron chi connectivity index (χ3n) is 4.54. The average Bonchev–Trinajstić information content (AvgIpc) is 2.98. The number of aromatic nitrogens is 1. The summed E-state index contributed by atoms with van der Waals surface area (Å²) in [5.41, 5.74) is 4.96. The molecule has 1 aliphatic rings. The van der Waals surface area contributed by atoms with E-state index in [0.29, 0.717) is 29.4 Å². The third kappa shape index (κ3) is 3.60. The summed E-state index contributed by atoms with van der Waals surface area (Å²) in [6.45, 7) is 4.60. The average molecular weight is 357 g/mol. The molecule has 2 aromatic carbocycles. The molecule has 2 heterocycles. The number of ether oxygens (including phenoxy) is 2. The Hall–Kier alpha value is -3.40. The second kappa shape index (κ2) is 7.08. The zero-order chi connectivity index (χ0) is 18.8. The zero-order valence-electron chi connectivity index (χ0n) is 15.2. The summed E-state index contributed by atoms with van der Waals surface area (Å²) < 4.78 is 11.7. The first kappa shape index (κ1) is 17.0. The number of fused-ring (bicyclic) bond motifs is 1. The molecule has 0 amide bonds. The van der Waals surface area contributed by atoms with Crippen LogP contribution < -0.4 is 9.47 Å². The molecule has 4 heteroatoms. The van der Waals surface area contributed by atoms with Gasteiger partial charge >= 0.3 is 0 Å². The van der Waals surface area contributed by atoms with Gasteiger partial charge < -0.3 is 9.47 Å². The Morgan fingerprint density at radius 1 is 1.04 bits per heavy atom. The van der Waals surface area contributed by atoms with E-state index in [4.69, 9.17) is 9.47 Å². The van der Waals surface area contributed by atoms with Crippen molar-refractivity contribution in [3.8, 4) is 11.5 Å². The van der Waals surface area contributed by atoms with Crippen molar-refractivity contribution < 1.29 is 14.3 Å². The molecule has 0 radical (unpaired) electrons. The van der Waals surface area contributed by atoms with Crippen molar-refractivity contribution in [1.29, 1.82) is 0 Å². The Kier molecular flexibility index (Phi) is 4.47. The van der Waals surface area contributed by atoms with Crippen LogP contribution in [0.1, 0.15) is 32.6 Å². The largest absolute Gasteiger partial charge is 0.489 e. The van der Waals surface area contributed by atoms with Crippen LogP contribution in [0.15, 0.2) is 66.7 Å². The van der Waals surface area contributed by atoms with Crippen molar-refractivity contribution in [3.05, 3.63) is 94.5 Å². The third-order valence-corrected chi connectivity index (χ3v) is 4.54. The maximum Gasteiger partial charge on any atom is 0.231 e. The maximum absolute atomic E-state index is 12.5. The second-order valence-electron chi connectivity index (χ2n) is 6.60. The van der Waals surface area contributed by atoms with Crippen LogP contribution in [-0.2, 0) is 6.61 Å². The molecule has 0 bridgehead atoms. The lowest BCUT2D eigenvalue weighted by atomic mass is 10.1. The fourth-order valence-corrected chi connectivity index (χ4v) is 2.98. The molecule has 1 aromatic heterocycles. The van der Waals surface area contributed by atoms with Crippen LogP contribution in [0.5, 0.6) is 11.5 Å². The molecule has 0 fully saturated rings. The summed E-state index contributed by atoms with van der Waals surface area (Å²) in [6.07, 6.45) is 5.08. The number of carbonyl (C=O) groups is 1. The predicted molar refractivity (Wildman–Crippen MR) is 104 cm³/mol. The molecule has 4 rings (SSSR count). The lowest BCUT2D eigenvalue weighted by molar-refractivity contribution is 0.101. The Balaban J connectivity index is 1.52. The van der Waals surface area contributed by atoms with Crippen LogP contribution in [0.3, 0.4) is 0 Å². The number of Topliss-reactive ketones (excluding diaryl/α,β-unsaturated/α-hetero) is 1. The summed E-state index contributed by atoms with van der Waals surface area (Å²) in [4.78, 5) is 16.5. The fraction of sp³-hybridized carbons (Fsp3) is 0.130. The van der Waals surface area contributed by atoms with Crippen LogP contribution in [0.4, 0.5) is 0 Å². The first-order chi connectivity index (χ1) is 13.1. The summed E-state index contributed by atoms with van der Waals surface area (Å²) in [7, 11) is 0. The Labute approximate surface area is 158 Å². The molecule has 0 aliphatic carbocycles. The molecule has 4 nitrogen and oxygen atoms in total. The van der Waals surface area contributed by atoms with Gasteiger partial charge in [-0.1, -0.05) is 23.8 Å². The van der Waals surface area contributed by atoms with Gasteiger partial charge in [-0.15, -0.1) is 0 Å². The van der Waals surface area contributed by atoms with Gasteiger partial charge in [-0.3, -0.25) is 9.78 Å². The molecular weight excluding hydrogens is 338 g/mol. The second-order valence-corrected chi connectivity index (χ2v) is 6.60. The first-order valence-electron chi connectivity index (χ1n) is 8.77. The minimum atomic E-state index is -0.122. The monoisotopic (exact) mass is 357 g/mol. The molecule has 0 atom stereocenters. The van der Waals surface area contributed by atoms with E-state index in [1.807, 2.05) is 12.1 Å². The highest BCUT2D eigenvalue weighted by Crippen LogP contribution is 2.35. The molecule has 0 spiro atoms. The van der Waals surface area contributed by atoms with E-state index < -0.39 is 0 Å². The smallest absolute Gasteiger partial charge is 0.231 e. The molecule has 27 heavy (non-hydrogen) atoms. The van der Waals surface area contributed by atoms with Crippen molar-refractivity contribution in [2.24, 2.45) is 0 Å². The highest BCUT2D eigenvalue weighted by atomic mass is 16.5.